The molecule has 0 radical (unpaired) electrons. The molecule has 0 aromatic heterocycles. The van der Waals surface area contributed by atoms with E-state index in [4.69, 9.17) is 18.9 Å². The van der Waals surface area contributed by atoms with Gasteiger partial charge >= 0.3 is 24.0 Å². The number of hydrogen-bond acceptors (Lipinski definition) is 8. The highest BCUT2D eigenvalue weighted by Crippen LogP contribution is 2.33. The molecule has 12 heteroatoms. The van der Waals surface area contributed by atoms with E-state index in [0.29, 0.717) is 34.0 Å². The van der Waals surface area contributed by atoms with Gasteiger partial charge in [0.05, 0.1) is 36.4 Å². The fourth-order valence-electron chi connectivity index (χ4n) is 4.95. The minimum atomic E-state index is -0.645. The van der Waals surface area contributed by atoms with Gasteiger partial charge in [-0.2, -0.15) is 0 Å². The van der Waals surface area contributed by atoms with Gasteiger partial charge in [-0.1, -0.05) is 24.3 Å². The van der Waals surface area contributed by atoms with E-state index in [0.717, 1.165) is 11.1 Å². The molecule has 4 rings (SSSR count). The van der Waals surface area contributed by atoms with Crippen molar-refractivity contribution in [1.82, 2.24) is 20.4 Å². The van der Waals surface area contributed by atoms with E-state index in [9.17, 15) is 19.2 Å². The fraction of sp³-hybridized carbons (Fsp3) is 0.375. The summed E-state index contributed by atoms with van der Waals surface area (Å²) in [6.45, 7) is 7.88. The number of benzene rings is 2. The van der Waals surface area contributed by atoms with Crippen LogP contribution < -0.4 is 20.1 Å². The molecule has 2 N–H and O–H groups in total. The van der Waals surface area contributed by atoms with Crippen LogP contribution in [0.3, 0.4) is 0 Å². The van der Waals surface area contributed by atoms with Gasteiger partial charge in [0.25, 0.3) is 0 Å². The number of nitrogens with one attached hydrogen (secondary N) is 2. The molecule has 2 aliphatic heterocycles. The van der Waals surface area contributed by atoms with E-state index in [1.54, 1.807) is 90.3 Å². The van der Waals surface area contributed by atoms with Crippen LogP contribution in [-0.4, -0.2) is 74.3 Å². The van der Waals surface area contributed by atoms with Crippen LogP contribution in [0.5, 0.6) is 11.5 Å². The van der Waals surface area contributed by atoms with Crippen LogP contribution in [0.25, 0.3) is 0 Å². The van der Waals surface area contributed by atoms with Crippen molar-refractivity contribution in [2.75, 3.05) is 40.5 Å². The van der Waals surface area contributed by atoms with Crippen molar-refractivity contribution >= 4 is 24.0 Å². The van der Waals surface area contributed by atoms with Gasteiger partial charge in [-0.3, -0.25) is 0 Å². The lowest BCUT2D eigenvalue weighted by molar-refractivity contribution is -0.140. The van der Waals surface area contributed by atoms with Gasteiger partial charge in [-0.05, 0) is 63.1 Å². The molecule has 2 aromatic carbocycles. The molecule has 44 heavy (non-hydrogen) atoms. The van der Waals surface area contributed by atoms with Gasteiger partial charge in [0.2, 0.25) is 0 Å². The zero-order valence-corrected chi connectivity index (χ0v) is 25.8. The smallest absolute Gasteiger partial charge is 0.338 e. The molecule has 234 valence electrons. The first kappa shape index (κ1) is 31.9. The maximum atomic E-state index is 12.7. The molecule has 2 unspecified atom stereocenters. The number of urea groups is 2. The van der Waals surface area contributed by atoms with E-state index in [2.05, 4.69) is 10.6 Å². The number of carbonyl (C=O) groups excluding carboxylic acids is 4. The Morgan fingerprint density at radius 2 is 1.00 bits per heavy atom. The molecule has 0 saturated heterocycles. The second-order valence-corrected chi connectivity index (χ2v) is 10.2. The van der Waals surface area contributed by atoms with Crippen LogP contribution in [-0.2, 0) is 19.1 Å². The lowest BCUT2D eigenvalue weighted by atomic mass is 9.95. The van der Waals surface area contributed by atoms with Crippen molar-refractivity contribution < 1.29 is 38.1 Å². The molecule has 2 heterocycles. The highest BCUT2D eigenvalue weighted by Gasteiger charge is 2.36. The Hall–Kier alpha value is -5.00. The Balaban J connectivity index is 1.35. The summed E-state index contributed by atoms with van der Waals surface area (Å²) in [7, 11) is 3.20. The molecule has 0 fully saturated rings. The third-order valence-electron chi connectivity index (χ3n) is 7.55. The van der Waals surface area contributed by atoms with Gasteiger partial charge in [-0.25, -0.2) is 19.2 Å². The molecule has 0 bridgehead atoms. The van der Waals surface area contributed by atoms with Crippen molar-refractivity contribution in [1.29, 1.82) is 0 Å². The molecule has 2 aromatic rings. The first-order valence-corrected chi connectivity index (χ1v) is 14.4. The van der Waals surface area contributed by atoms with Crippen LogP contribution >= 0.6 is 0 Å². The van der Waals surface area contributed by atoms with Crippen LogP contribution in [0.1, 0.15) is 50.9 Å². The van der Waals surface area contributed by atoms with Gasteiger partial charge < -0.3 is 39.4 Å². The number of allylic oxidation sites excluding steroid dienone is 2. The third kappa shape index (κ3) is 6.80. The van der Waals surface area contributed by atoms with Crippen LogP contribution in [0.15, 0.2) is 71.1 Å². The summed E-state index contributed by atoms with van der Waals surface area (Å²) in [4.78, 5) is 53.0. The van der Waals surface area contributed by atoms with Crippen molar-refractivity contribution in [3.05, 3.63) is 82.2 Å². The molecule has 0 saturated carbocycles. The van der Waals surface area contributed by atoms with Gasteiger partial charge in [0.15, 0.2) is 0 Å². The SMILES string of the molecule is CCOC(=O)C1=C(C)N(C)C(=O)NC1c1ccc(OCCOc2ccc(C3NC(=O)N(C)C(C)=C3C(=O)OCC)cc2)cc1. The van der Waals surface area contributed by atoms with Crippen LogP contribution in [0, 0.1) is 0 Å². The van der Waals surface area contributed by atoms with Gasteiger partial charge in [0.1, 0.15) is 24.7 Å². The number of nitrogens with zero attached hydrogens (tertiary/aromatic N) is 2. The largest absolute Gasteiger partial charge is 0.490 e. The van der Waals surface area contributed by atoms with E-state index in [-0.39, 0.29) is 38.5 Å². The first-order valence-electron chi connectivity index (χ1n) is 14.4. The highest BCUT2D eigenvalue weighted by atomic mass is 16.5. The molecule has 4 amide bonds. The standard InChI is InChI=1S/C32H38N4O8/c1-7-41-29(37)25-19(3)35(5)31(39)33-27(25)21-9-13-23(14-10-21)43-17-18-44-24-15-11-22(12-16-24)28-26(30(38)42-8-2)20(4)36(6)32(40)34-28/h9-16,27-28H,7-8,17-18H2,1-6H3,(H,33,39)(H,34,40). The lowest BCUT2D eigenvalue weighted by Crippen LogP contribution is -2.46. The Morgan fingerprint density at radius 3 is 1.32 bits per heavy atom. The highest BCUT2D eigenvalue weighted by molar-refractivity contribution is 5.95. The van der Waals surface area contributed by atoms with Crippen molar-refractivity contribution in [2.45, 2.75) is 39.8 Å². The molecule has 2 atom stereocenters. The Bertz CT molecular complexity index is 1350. The summed E-state index contributed by atoms with van der Waals surface area (Å²) in [5.41, 5.74) is 3.26. The fourth-order valence-corrected chi connectivity index (χ4v) is 4.95. The second-order valence-electron chi connectivity index (χ2n) is 10.2. The van der Waals surface area contributed by atoms with E-state index in [1.165, 1.54) is 9.80 Å². The predicted molar refractivity (Wildman–Crippen MR) is 161 cm³/mol. The molecular formula is C32H38N4O8. The summed E-state index contributed by atoms with van der Waals surface area (Å²) in [6.07, 6.45) is 0. The average molecular weight is 607 g/mol. The summed E-state index contributed by atoms with van der Waals surface area (Å²) in [5, 5.41) is 5.71. The zero-order chi connectivity index (χ0) is 32.0. The number of amides is 4. The quantitative estimate of drug-likeness (QED) is 0.287. The van der Waals surface area contributed by atoms with Crippen molar-refractivity contribution in [3.8, 4) is 11.5 Å². The van der Waals surface area contributed by atoms with E-state index in [1.807, 2.05) is 0 Å². The summed E-state index contributed by atoms with van der Waals surface area (Å²) in [5.74, 6) is 0.234. The Kier molecular flexibility index (Phi) is 10.1. The molecule has 0 spiro atoms. The maximum absolute atomic E-state index is 12.7. The zero-order valence-electron chi connectivity index (χ0n) is 25.8. The predicted octanol–water partition coefficient (Wildman–Crippen LogP) is 4.21. The molecule has 0 aliphatic carbocycles. The average Bonchev–Trinajstić information content (AvgIpc) is 3.01. The van der Waals surface area contributed by atoms with Gasteiger partial charge in [0, 0.05) is 25.5 Å². The van der Waals surface area contributed by atoms with Crippen molar-refractivity contribution in [2.24, 2.45) is 0 Å². The molecule has 2 aliphatic rings. The minimum absolute atomic E-state index is 0.225. The topological polar surface area (TPSA) is 136 Å². The van der Waals surface area contributed by atoms with Crippen LogP contribution in [0.4, 0.5) is 9.59 Å². The van der Waals surface area contributed by atoms with E-state index < -0.39 is 24.0 Å². The number of ether oxygens (including phenoxy) is 4. The first-order chi connectivity index (χ1) is 21.1. The lowest BCUT2D eigenvalue weighted by Gasteiger charge is -2.33. The minimum Gasteiger partial charge on any atom is -0.490 e. The maximum Gasteiger partial charge on any atom is 0.338 e. The molecular weight excluding hydrogens is 568 g/mol. The van der Waals surface area contributed by atoms with Crippen LogP contribution in [0.2, 0.25) is 0 Å². The number of carbonyl (C=O) groups is 4. The third-order valence-corrected chi connectivity index (χ3v) is 7.55. The van der Waals surface area contributed by atoms with Gasteiger partial charge in [-0.15, -0.1) is 0 Å². The summed E-state index contributed by atoms with van der Waals surface area (Å²) in [6, 6.07) is 12.3. The normalized spacial score (nSPS) is 18.5. The monoisotopic (exact) mass is 606 g/mol. The second kappa shape index (κ2) is 14.0. The Morgan fingerprint density at radius 1 is 0.659 bits per heavy atom. The number of rotatable bonds is 11. The Labute approximate surface area is 256 Å². The molecule has 12 nitrogen and oxygen atoms in total. The number of esters is 2. The summed E-state index contributed by atoms with van der Waals surface area (Å²) >= 11 is 0. The van der Waals surface area contributed by atoms with Crippen molar-refractivity contribution in [3.63, 3.8) is 0 Å². The number of hydrogen-bond donors (Lipinski definition) is 2. The summed E-state index contributed by atoms with van der Waals surface area (Å²) < 4.78 is 22.1. The van der Waals surface area contributed by atoms with E-state index >= 15 is 0 Å².